The molecule has 1 N–H and O–H groups in total. The van der Waals surface area contributed by atoms with Gasteiger partial charge in [-0.15, -0.1) is 0 Å². The molecule has 1 aromatic carbocycles. The molecule has 2 aromatic rings. The summed E-state index contributed by atoms with van der Waals surface area (Å²) in [6, 6.07) is 7.33. The van der Waals surface area contributed by atoms with Gasteiger partial charge in [0.05, 0.1) is 11.0 Å². The number of aromatic nitrogens is 2. The molecule has 2 rings (SSSR count). The zero-order chi connectivity index (χ0) is 17.3. The summed E-state index contributed by atoms with van der Waals surface area (Å²) in [7, 11) is 0. The summed E-state index contributed by atoms with van der Waals surface area (Å²) in [4.78, 5) is 17.3. The Labute approximate surface area is 137 Å². The SMILES string of the molecule is CCC(CC)(CC)OC(=O)n1c(C(C)(C)O)nc2ccccc21. The molecule has 0 amide bonds. The molecule has 0 fully saturated rings. The summed E-state index contributed by atoms with van der Waals surface area (Å²) < 4.78 is 7.24. The summed E-state index contributed by atoms with van der Waals surface area (Å²) in [5.41, 5.74) is -0.423. The van der Waals surface area contributed by atoms with Gasteiger partial charge in [-0.05, 0) is 45.2 Å². The van der Waals surface area contributed by atoms with Crippen LogP contribution in [0.25, 0.3) is 11.0 Å². The number of benzene rings is 1. The van der Waals surface area contributed by atoms with Gasteiger partial charge in [-0.3, -0.25) is 0 Å². The van der Waals surface area contributed by atoms with Crippen LogP contribution >= 0.6 is 0 Å². The number of ether oxygens (including phenoxy) is 1. The molecule has 0 radical (unpaired) electrons. The Morgan fingerprint density at radius 2 is 1.74 bits per heavy atom. The quantitative estimate of drug-likeness (QED) is 0.896. The second kappa shape index (κ2) is 6.32. The van der Waals surface area contributed by atoms with Gasteiger partial charge in [0.2, 0.25) is 0 Å². The molecular weight excluding hydrogens is 292 g/mol. The number of rotatable bonds is 5. The summed E-state index contributed by atoms with van der Waals surface area (Å²) in [5.74, 6) is 0.293. The Balaban J connectivity index is 2.55. The highest BCUT2D eigenvalue weighted by Crippen LogP contribution is 2.29. The number of hydrogen-bond donors (Lipinski definition) is 1. The molecule has 5 nitrogen and oxygen atoms in total. The number of para-hydroxylation sites is 2. The standard InChI is InChI=1S/C18H26N2O3/c1-6-18(7-2,8-3)23-16(21)20-14-12-10-9-11-13(14)19-15(20)17(4,5)22/h9-12,22H,6-8H2,1-5H3. The number of fused-ring (bicyclic) bond motifs is 1. The van der Waals surface area contributed by atoms with Crippen LogP contribution < -0.4 is 0 Å². The molecule has 1 aromatic heterocycles. The Kier molecular flexibility index (Phi) is 4.80. The minimum atomic E-state index is -1.24. The molecular formula is C18H26N2O3. The fourth-order valence-electron chi connectivity index (χ4n) is 2.82. The van der Waals surface area contributed by atoms with Gasteiger partial charge in [0.25, 0.3) is 0 Å². The maximum atomic E-state index is 12.9. The average Bonchev–Trinajstić information content (AvgIpc) is 2.92. The van der Waals surface area contributed by atoms with Crippen molar-refractivity contribution in [1.29, 1.82) is 0 Å². The molecule has 126 valence electrons. The van der Waals surface area contributed by atoms with Crippen LogP contribution in [0.5, 0.6) is 0 Å². The zero-order valence-corrected chi connectivity index (χ0v) is 14.6. The summed E-state index contributed by atoms with van der Waals surface area (Å²) in [6.07, 6.45) is 1.75. The fraction of sp³-hybridized carbons (Fsp3) is 0.556. The molecule has 1 heterocycles. The molecule has 0 saturated heterocycles. The van der Waals surface area contributed by atoms with Crippen molar-refractivity contribution in [3.05, 3.63) is 30.1 Å². The van der Waals surface area contributed by atoms with Crippen LogP contribution in [-0.2, 0) is 10.3 Å². The lowest BCUT2D eigenvalue weighted by Crippen LogP contribution is -2.36. The Morgan fingerprint density at radius 3 is 2.26 bits per heavy atom. The van der Waals surface area contributed by atoms with E-state index in [1.54, 1.807) is 13.8 Å². The summed E-state index contributed by atoms with van der Waals surface area (Å²) >= 11 is 0. The van der Waals surface area contributed by atoms with Crippen molar-refractivity contribution in [1.82, 2.24) is 9.55 Å². The van der Waals surface area contributed by atoms with E-state index in [-0.39, 0.29) is 0 Å². The normalized spacial score (nSPS) is 12.6. The number of hydrogen-bond acceptors (Lipinski definition) is 4. The van der Waals surface area contributed by atoms with Gasteiger partial charge in [0.1, 0.15) is 11.2 Å². The molecule has 5 heteroatoms. The van der Waals surface area contributed by atoms with Crippen LogP contribution in [0, 0.1) is 0 Å². The van der Waals surface area contributed by atoms with Crippen molar-refractivity contribution in [3.8, 4) is 0 Å². The van der Waals surface area contributed by atoms with Crippen LogP contribution in [0.2, 0.25) is 0 Å². The predicted molar refractivity (Wildman–Crippen MR) is 90.5 cm³/mol. The first-order valence-corrected chi connectivity index (χ1v) is 8.21. The van der Waals surface area contributed by atoms with Gasteiger partial charge in [0.15, 0.2) is 5.82 Å². The third-order valence-corrected chi connectivity index (χ3v) is 4.53. The van der Waals surface area contributed by atoms with Crippen molar-refractivity contribution in [3.63, 3.8) is 0 Å². The lowest BCUT2D eigenvalue weighted by Gasteiger charge is -2.31. The van der Waals surface area contributed by atoms with Crippen molar-refractivity contribution in [2.24, 2.45) is 0 Å². The minimum Gasteiger partial charge on any atom is -0.442 e. The Hall–Kier alpha value is -1.88. The van der Waals surface area contributed by atoms with E-state index in [9.17, 15) is 9.90 Å². The van der Waals surface area contributed by atoms with E-state index in [0.29, 0.717) is 16.9 Å². The lowest BCUT2D eigenvalue weighted by molar-refractivity contribution is -0.000753. The monoisotopic (exact) mass is 318 g/mol. The van der Waals surface area contributed by atoms with E-state index in [1.165, 1.54) is 4.57 Å². The number of nitrogens with zero attached hydrogens (tertiary/aromatic N) is 2. The Bertz CT molecular complexity index is 686. The number of aliphatic hydroxyl groups is 1. The fourth-order valence-corrected chi connectivity index (χ4v) is 2.82. The van der Waals surface area contributed by atoms with Crippen LogP contribution in [0.4, 0.5) is 4.79 Å². The first-order chi connectivity index (χ1) is 10.8. The molecule has 0 aliphatic heterocycles. The Morgan fingerprint density at radius 1 is 1.17 bits per heavy atom. The molecule has 0 atom stereocenters. The number of imidazole rings is 1. The number of carbonyl (C=O) groups excluding carboxylic acids is 1. The maximum Gasteiger partial charge on any atom is 0.420 e. The van der Waals surface area contributed by atoms with Crippen LogP contribution in [0.1, 0.15) is 59.7 Å². The molecule has 0 spiro atoms. The van der Waals surface area contributed by atoms with Gasteiger partial charge >= 0.3 is 6.09 Å². The molecule has 0 aliphatic carbocycles. The number of carbonyl (C=O) groups is 1. The molecule has 0 saturated carbocycles. The van der Waals surface area contributed by atoms with Gasteiger partial charge < -0.3 is 9.84 Å². The van der Waals surface area contributed by atoms with Crippen molar-refractivity contribution >= 4 is 17.1 Å². The van der Waals surface area contributed by atoms with Gasteiger partial charge in [-0.1, -0.05) is 32.9 Å². The summed E-state index contributed by atoms with van der Waals surface area (Å²) in [5, 5.41) is 10.4. The van der Waals surface area contributed by atoms with E-state index in [1.807, 2.05) is 45.0 Å². The van der Waals surface area contributed by atoms with E-state index in [4.69, 9.17) is 4.74 Å². The molecule has 0 bridgehead atoms. The van der Waals surface area contributed by atoms with Gasteiger partial charge in [-0.2, -0.15) is 0 Å². The third kappa shape index (κ3) is 3.24. The van der Waals surface area contributed by atoms with Crippen molar-refractivity contribution in [2.45, 2.75) is 65.1 Å². The molecule has 0 aliphatic rings. The van der Waals surface area contributed by atoms with E-state index in [0.717, 1.165) is 19.3 Å². The smallest absolute Gasteiger partial charge is 0.420 e. The van der Waals surface area contributed by atoms with E-state index < -0.39 is 17.3 Å². The van der Waals surface area contributed by atoms with E-state index in [2.05, 4.69) is 4.98 Å². The van der Waals surface area contributed by atoms with Crippen LogP contribution in [-0.4, -0.2) is 26.4 Å². The van der Waals surface area contributed by atoms with Gasteiger partial charge in [0, 0.05) is 0 Å². The summed E-state index contributed by atoms with van der Waals surface area (Å²) in [6.45, 7) is 9.28. The minimum absolute atomic E-state index is 0.293. The maximum absolute atomic E-state index is 12.9. The molecule has 23 heavy (non-hydrogen) atoms. The third-order valence-electron chi connectivity index (χ3n) is 4.53. The predicted octanol–water partition coefficient (Wildman–Crippen LogP) is 4.22. The zero-order valence-electron chi connectivity index (χ0n) is 14.6. The van der Waals surface area contributed by atoms with Crippen molar-refractivity contribution < 1.29 is 14.6 Å². The second-order valence-corrected chi connectivity index (χ2v) is 6.43. The largest absolute Gasteiger partial charge is 0.442 e. The van der Waals surface area contributed by atoms with Crippen LogP contribution in [0.15, 0.2) is 24.3 Å². The van der Waals surface area contributed by atoms with Crippen molar-refractivity contribution in [2.75, 3.05) is 0 Å². The second-order valence-electron chi connectivity index (χ2n) is 6.43. The van der Waals surface area contributed by atoms with Crippen LogP contribution in [0.3, 0.4) is 0 Å². The lowest BCUT2D eigenvalue weighted by atomic mass is 9.94. The topological polar surface area (TPSA) is 64.3 Å². The van der Waals surface area contributed by atoms with E-state index >= 15 is 0 Å². The molecule has 0 unspecified atom stereocenters. The highest BCUT2D eigenvalue weighted by Gasteiger charge is 2.33. The first-order valence-electron chi connectivity index (χ1n) is 8.21. The van der Waals surface area contributed by atoms with Gasteiger partial charge in [-0.25, -0.2) is 14.3 Å². The first kappa shape index (κ1) is 17.5. The highest BCUT2D eigenvalue weighted by molar-refractivity contribution is 5.87. The average molecular weight is 318 g/mol. The highest BCUT2D eigenvalue weighted by atomic mass is 16.6.